The van der Waals surface area contributed by atoms with Gasteiger partial charge in [-0.15, -0.1) is 11.3 Å². The van der Waals surface area contributed by atoms with Gasteiger partial charge in [0.15, 0.2) is 10.6 Å². The summed E-state index contributed by atoms with van der Waals surface area (Å²) >= 11 is 4.29. The second-order valence-electron chi connectivity index (χ2n) is 5.32. The van der Waals surface area contributed by atoms with Crippen molar-refractivity contribution in [2.45, 2.75) is 4.90 Å². The molecule has 0 fully saturated rings. The molecule has 0 aliphatic heterocycles. The zero-order valence-corrected chi connectivity index (χ0v) is 16.9. The van der Waals surface area contributed by atoms with E-state index in [1.807, 2.05) is 0 Å². The summed E-state index contributed by atoms with van der Waals surface area (Å²) in [7, 11) is -4.58. The van der Waals surface area contributed by atoms with Crippen molar-refractivity contribution in [3.63, 3.8) is 0 Å². The first-order chi connectivity index (χ1) is 13.2. The number of nitro groups is 2. The maximum absolute atomic E-state index is 12.7. The van der Waals surface area contributed by atoms with Crippen LogP contribution in [0.4, 0.5) is 11.4 Å². The average molecular weight is 485 g/mol. The summed E-state index contributed by atoms with van der Waals surface area (Å²) in [4.78, 5) is 20.8. The fourth-order valence-corrected chi connectivity index (χ4v) is 4.53. The van der Waals surface area contributed by atoms with E-state index in [0.717, 1.165) is 24.3 Å². The topological polar surface area (TPSA) is 130 Å². The Bertz CT molecular complexity index is 1180. The van der Waals surface area contributed by atoms with E-state index in [4.69, 9.17) is 4.18 Å². The van der Waals surface area contributed by atoms with Crippen LogP contribution < -0.4 is 4.18 Å². The van der Waals surface area contributed by atoms with Crippen LogP contribution in [0.25, 0.3) is 10.4 Å². The van der Waals surface area contributed by atoms with E-state index in [9.17, 15) is 28.6 Å². The molecule has 0 atom stereocenters. The number of hydrogen-bond donors (Lipinski definition) is 0. The fourth-order valence-electron chi connectivity index (χ4n) is 2.34. The molecular weight excluding hydrogens is 476 g/mol. The number of rotatable bonds is 6. The van der Waals surface area contributed by atoms with Crippen LogP contribution in [0.1, 0.15) is 0 Å². The van der Waals surface area contributed by atoms with Gasteiger partial charge in [0.05, 0.1) is 9.85 Å². The smallest absolute Gasteiger partial charge is 0.346 e. The number of benzene rings is 2. The van der Waals surface area contributed by atoms with Crippen LogP contribution in [0, 0.1) is 20.2 Å². The molecule has 0 saturated carbocycles. The minimum atomic E-state index is -4.58. The zero-order chi connectivity index (χ0) is 20.5. The van der Waals surface area contributed by atoms with Gasteiger partial charge in [-0.3, -0.25) is 20.2 Å². The summed E-state index contributed by atoms with van der Waals surface area (Å²) in [5.74, 6) is -0.176. The van der Waals surface area contributed by atoms with Gasteiger partial charge in [0.2, 0.25) is 0 Å². The fraction of sp³-hybridized carbons (Fsp3) is 0. The predicted molar refractivity (Wildman–Crippen MR) is 105 cm³/mol. The molecule has 0 unspecified atom stereocenters. The lowest BCUT2D eigenvalue weighted by atomic mass is 10.1. The minimum absolute atomic E-state index is 0.176. The summed E-state index contributed by atoms with van der Waals surface area (Å²) < 4.78 is 30.9. The van der Waals surface area contributed by atoms with E-state index in [1.54, 1.807) is 17.5 Å². The molecule has 9 nitrogen and oxygen atoms in total. The molecule has 12 heteroatoms. The average Bonchev–Trinajstić information content (AvgIpc) is 3.15. The molecule has 1 aromatic heterocycles. The summed E-state index contributed by atoms with van der Waals surface area (Å²) in [6, 6.07) is 10.2. The van der Waals surface area contributed by atoms with Crippen molar-refractivity contribution in [3.05, 3.63) is 78.6 Å². The van der Waals surface area contributed by atoms with Crippen LogP contribution >= 0.6 is 27.3 Å². The van der Waals surface area contributed by atoms with Crippen LogP contribution in [0.5, 0.6) is 5.75 Å². The number of nitrogens with zero attached hydrogens (tertiary/aromatic N) is 2. The van der Waals surface area contributed by atoms with E-state index in [0.29, 0.717) is 9.35 Å². The lowest BCUT2D eigenvalue weighted by molar-refractivity contribution is -0.388. The van der Waals surface area contributed by atoms with Crippen LogP contribution in [0.3, 0.4) is 0 Å². The molecule has 28 heavy (non-hydrogen) atoms. The number of non-ortho nitro benzene ring substituents is 1. The highest BCUT2D eigenvalue weighted by Crippen LogP contribution is 2.38. The molecule has 0 aliphatic carbocycles. The third-order valence-corrected chi connectivity index (χ3v) is 6.23. The molecule has 144 valence electrons. The maximum Gasteiger partial charge on any atom is 0.346 e. The van der Waals surface area contributed by atoms with Gasteiger partial charge in [0.25, 0.3) is 11.4 Å². The molecule has 0 radical (unpaired) electrons. The van der Waals surface area contributed by atoms with Gasteiger partial charge in [-0.05, 0) is 29.6 Å². The SMILES string of the molecule is O=[N+]([O-])c1ccc(OS(=O)(=O)c2ccc(Br)cc2[N+](=O)[O-])c(-c2cccs2)c1. The van der Waals surface area contributed by atoms with Crippen molar-refractivity contribution in [1.82, 2.24) is 0 Å². The molecule has 1 heterocycles. The van der Waals surface area contributed by atoms with Crippen molar-refractivity contribution in [1.29, 1.82) is 0 Å². The Morgan fingerprint density at radius 1 is 1.00 bits per heavy atom. The standard InChI is InChI=1S/C16H9BrN2O7S2/c17-10-3-6-16(13(8-10)19(22)23)28(24,25)26-14-5-4-11(18(20)21)9-12(14)15-2-1-7-27-15/h1-9H. The van der Waals surface area contributed by atoms with Gasteiger partial charge in [0, 0.05) is 33.1 Å². The van der Waals surface area contributed by atoms with Crippen LogP contribution in [0.2, 0.25) is 0 Å². The highest BCUT2D eigenvalue weighted by Gasteiger charge is 2.29. The number of halogens is 1. The molecule has 0 bridgehead atoms. The Balaban J connectivity index is 2.11. The van der Waals surface area contributed by atoms with Gasteiger partial charge in [-0.2, -0.15) is 8.42 Å². The van der Waals surface area contributed by atoms with Crippen molar-refractivity contribution in [3.8, 4) is 16.2 Å². The summed E-state index contributed by atoms with van der Waals surface area (Å²) in [6.45, 7) is 0. The number of hydrogen-bond acceptors (Lipinski definition) is 8. The quantitative estimate of drug-likeness (QED) is 0.280. The molecule has 3 aromatic rings. The second kappa shape index (κ2) is 7.66. The van der Waals surface area contributed by atoms with E-state index in [-0.39, 0.29) is 17.0 Å². The predicted octanol–water partition coefficient (Wildman–Crippen LogP) is 4.76. The maximum atomic E-state index is 12.7. The van der Waals surface area contributed by atoms with Crippen LogP contribution in [-0.4, -0.2) is 18.3 Å². The van der Waals surface area contributed by atoms with Gasteiger partial charge in [0.1, 0.15) is 0 Å². The monoisotopic (exact) mass is 484 g/mol. The second-order valence-corrected chi connectivity index (χ2v) is 8.70. The molecule has 0 aliphatic rings. The van der Waals surface area contributed by atoms with Gasteiger partial charge in [-0.25, -0.2) is 0 Å². The van der Waals surface area contributed by atoms with E-state index < -0.39 is 30.5 Å². The Labute approximate surface area is 170 Å². The van der Waals surface area contributed by atoms with Gasteiger partial charge >= 0.3 is 10.1 Å². The summed E-state index contributed by atoms with van der Waals surface area (Å²) in [5.41, 5.74) is -0.718. The Kier molecular flexibility index (Phi) is 5.45. The van der Waals surface area contributed by atoms with Gasteiger partial charge < -0.3 is 4.18 Å². The molecule has 0 N–H and O–H groups in total. The Morgan fingerprint density at radius 2 is 1.75 bits per heavy atom. The zero-order valence-electron chi connectivity index (χ0n) is 13.6. The molecule has 0 amide bonds. The minimum Gasteiger partial charge on any atom is -0.378 e. The molecule has 0 spiro atoms. The van der Waals surface area contributed by atoms with E-state index >= 15 is 0 Å². The summed E-state index contributed by atoms with van der Waals surface area (Å²) in [5, 5.41) is 24.0. The largest absolute Gasteiger partial charge is 0.378 e. The molecule has 2 aromatic carbocycles. The van der Waals surface area contributed by atoms with Crippen molar-refractivity contribution in [2.24, 2.45) is 0 Å². The Hall–Kier alpha value is -2.83. The first kappa shape index (κ1) is 19.9. The normalized spacial score (nSPS) is 11.2. The number of thiophene rings is 1. The lowest BCUT2D eigenvalue weighted by Gasteiger charge is -2.11. The molecule has 3 rings (SSSR count). The first-order valence-corrected chi connectivity index (χ1v) is 10.5. The first-order valence-electron chi connectivity index (χ1n) is 7.40. The van der Waals surface area contributed by atoms with Crippen molar-refractivity contribution < 1.29 is 22.4 Å². The molecular formula is C16H9BrN2O7S2. The lowest BCUT2D eigenvalue weighted by Crippen LogP contribution is -2.12. The van der Waals surface area contributed by atoms with E-state index in [2.05, 4.69) is 15.9 Å². The van der Waals surface area contributed by atoms with Gasteiger partial charge in [-0.1, -0.05) is 22.0 Å². The third-order valence-electron chi connectivity index (χ3n) is 3.55. The van der Waals surface area contributed by atoms with Crippen LogP contribution in [-0.2, 0) is 10.1 Å². The van der Waals surface area contributed by atoms with Crippen molar-refractivity contribution >= 4 is 48.8 Å². The molecule has 0 saturated heterocycles. The Morgan fingerprint density at radius 3 is 2.36 bits per heavy atom. The number of nitro benzene ring substituents is 2. The highest BCUT2D eigenvalue weighted by atomic mass is 79.9. The van der Waals surface area contributed by atoms with Crippen molar-refractivity contribution in [2.75, 3.05) is 0 Å². The van der Waals surface area contributed by atoms with E-state index in [1.165, 1.54) is 23.5 Å². The summed E-state index contributed by atoms with van der Waals surface area (Å²) in [6.07, 6.45) is 0. The van der Waals surface area contributed by atoms with Crippen LogP contribution in [0.15, 0.2) is 63.3 Å². The third kappa shape index (κ3) is 4.03. The highest BCUT2D eigenvalue weighted by molar-refractivity contribution is 9.10.